The van der Waals surface area contributed by atoms with Gasteiger partial charge in [-0.25, -0.2) is 0 Å². The molecule has 2 aliphatic rings. The molecule has 1 aliphatic carbocycles. The summed E-state index contributed by atoms with van der Waals surface area (Å²) in [5, 5.41) is 7.42. The van der Waals surface area contributed by atoms with Crippen molar-refractivity contribution in [2.75, 3.05) is 13.1 Å². The molecular formula is C11H17N3O. The lowest BCUT2D eigenvalue weighted by Crippen LogP contribution is -2.08. The molecule has 1 aliphatic heterocycles. The molecule has 0 amide bonds. The molecule has 15 heavy (non-hydrogen) atoms. The Morgan fingerprint density at radius 2 is 2.27 bits per heavy atom. The first-order valence-electron chi connectivity index (χ1n) is 5.86. The quantitative estimate of drug-likeness (QED) is 0.812. The van der Waals surface area contributed by atoms with E-state index in [4.69, 9.17) is 4.52 Å². The van der Waals surface area contributed by atoms with Crippen LogP contribution in [0, 0.1) is 11.8 Å². The fourth-order valence-electron chi connectivity index (χ4n) is 2.22. The van der Waals surface area contributed by atoms with E-state index in [-0.39, 0.29) is 0 Å². The Hall–Kier alpha value is -0.900. The smallest absolute Gasteiger partial charge is 0.231 e. The van der Waals surface area contributed by atoms with Crippen LogP contribution in [-0.4, -0.2) is 23.2 Å². The summed E-state index contributed by atoms with van der Waals surface area (Å²) in [4.78, 5) is 4.51. The van der Waals surface area contributed by atoms with E-state index >= 15 is 0 Å². The summed E-state index contributed by atoms with van der Waals surface area (Å²) in [6.45, 7) is 4.27. The van der Waals surface area contributed by atoms with Gasteiger partial charge in [0.05, 0.1) is 5.92 Å². The van der Waals surface area contributed by atoms with Gasteiger partial charge in [-0.3, -0.25) is 0 Å². The van der Waals surface area contributed by atoms with E-state index in [0.717, 1.165) is 37.1 Å². The van der Waals surface area contributed by atoms with Crippen LogP contribution in [0.1, 0.15) is 37.4 Å². The van der Waals surface area contributed by atoms with Crippen LogP contribution in [0.25, 0.3) is 0 Å². The number of nitrogens with one attached hydrogen (secondary N) is 1. The molecule has 0 aromatic carbocycles. The van der Waals surface area contributed by atoms with Gasteiger partial charge in [-0.05, 0) is 31.2 Å². The Morgan fingerprint density at radius 1 is 1.40 bits per heavy atom. The summed E-state index contributed by atoms with van der Waals surface area (Å²) in [5.41, 5.74) is 0. The maximum Gasteiger partial charge on any atom is 0.231 e. The molecule has 82 valence electrons. The molecule has 4 nitrogen and oxygen atoms in total. The molecule has 0 bridgehead atoms. The normalized spacial score (nSPS) is 31.0. The second-order valence-corrected chi connectivity index (χ2v) is 4.94. The van der Waals surface area contributed by atoms with Gasteiger partial charge in [0.25, 0.3) is 0 Å². The molecular weight excluding hydrogens is 190 g/mol. The summed E-state index contributed by atoms with van der Waals surface area (Å²) in [5.74, 6) is 3.61. The minimum Gasteiger partial charge on any atom is -0.339 e. The second-order valence-electron chi connectivity index (χ2n) is 4.94. The highest BCUT2D eigenvalue weighted by Crippen LogP contribution is 2.32. The van der Waals surface area contributed by atoms with Gasteiger partial charge in [0.1, 0.15) is 0 Å². The van der Waals surface area contributed by atoms with Crippen LogP contribution in [-0.2, 0) is 6.42 Å². The summed E-state index contributed by atoms with van der Waals surface area (Å²) in [7, 11) is 0. The van der Waals surface area contributed by atoms with Crippen molar-refractivity contribution in [1.82, 2.24) is 15.5 Å². The minimum atomic E-state index is 0.422. The van der Waals surface area contributed by atoms with Crippen LogP contribution >= 0.6 is 0 Å². The Bertz CT molecular complexity index is 345. The zero-order valence-electron chi connectivity index (χ0n) is 9.07. The first kappa shape index (κ1) is 9.33. The molecule has 2 fully saturated rings. The minimum absolute atomic E-state index is 0.422. The molecule has 3 rings (SSSR count). The molecule has 2 heterocycles. The Kier molecular flexibility index (Phi) is 2.24. The number of hydrogen-bond acceptors (Lipinski definition) is 4. The molecule has 1 saturated heterocycles. The monoisotopic (exact) mass is 207 g/mol. The predicted octanol–water partition coefficient (Wildman–Crippen LogP) is 1.34. The molecule has 2 atom stereocenters. The van der Waals surface area contributed by atoms with Gasteiger partial charge in [-0.15, -0.1) is 0 Å². The highest BCUT2D eigenvalue weighted by molar-refractivity contribution is 5.02. The van der Waals surface area contributed by atoms with Crippen molar-refractivity contribution < 1.29 is 4.52 Å². The van der Waals surface area contributed by atoms with Crippen LogP contribution in [0.3, 0.4) is 0 Å². The lowest BCUT2D eigenvalue weighted by molar-refractivity contribution is 0.336. The van der Waals surface area contributed by atoms with E-state index < -0.39 is 0 Å². The van der Waals surface area contributed by atoms with Crippen molar-refractivity contribution in [2.24, 2.45) is 11.8 Å². The van der Waals surface area contributed by atoms with Gasteiger partial charge in [0.15, 0.2) is 5.82 Å². The van der Waals surface area contributed by atoms with E-state index in [1.165, 1.54) is 12.8 Å². The lowest BCUT2D eigenvalue weighted by Gasteiger charge is -2.07. The molecule has 2 unspecified atom stereocenters. The van der Waals surface area contributed by atoms with Crippen molar-refractivity contribution >= 4 is 0 Å². The Labute approximate surface area is 89.4 Å². The topological polar surface area (TPSA) is 51.0 Å². The second kappa shape index (κ2) is 3.59. The first-order chi connectivity index (χ1) is 7.33. The number of hydrogen-bond donors (Lipinski definition) is 1. The van der Waals surface area contributed by atoms with E-state index in [1.54, 1.807) is 0 Å². The summed E-state index contributed by atoms with van der Waals surface area (Å²) in [6, 6.07) is 0. The van der Waals surface area contributed by atoms with Gasteiger partial charge in [-0.2, -0.15) is 4.98 Å². The summed E-state index contributed by atoms with van der Waals surface area (Å²) >= 11 is 0. The SMILES string of the molecule is CC1CNCC1c1nc(CC2CC2)no1. The maximum atomic E-state index is 5.35. The van der Waals surface area contributed by atoms with E-state index in [0.29, 0.717) is 11.8 Å². The van der Waals surface area contributed by atoms with E-state index in [1.807, 2.05) is 0 Å². The fourth-order valence-corrected chi connectivity index (χ4v) is 2.22. The standard InChI is InChI=1S/C11H17N3O/c1-7-5-12-6-9(7)11-13-10(14-15-11)4-8-2-3-8/h7-9,12H,2-6H2,1H3. The van der Waals surface area contributed by atoms with Crippen LogP contribution in [0.15, 0.2) is 4.52 Å². The predicted molar refractivity (Wildman–Crippen MR) is 55.5 cm³/mol. The molecule has 4 heteroatoms. The third-order valence-corrected chi connectivity index (χ3v) is 3.49. The fraction of sp³-hybridized carbons (Fsp3) is 0.818. The van der Waals surface area contributed by atoms with Gasteiger partial charge >= 0.3 is 0 Å². The van der Waals surface area contributed by atoms with Crippen LogP contribution in [0.4, 0.5) is 0 Å². The molecule has 1 N–H and O–H groups in total. The van der Waals surface area contributed by atoms with E-state index in [9.17, 15) is 0 Å². The third-order valence-electron chi connectivity index (χ3n) is 3.49. The number of nitrogens with zero attached hydrogens (tertiary/aromatic N) is 2. The van der Waals surface area contributed by atoms with Crippen molar-refractivity contribution in [1.29, 1.82) is 0 Å². The number of rotatable bonds is 3. The van der Waals surface area contributed by atoms with Gasteiger partial charge < -0.3 is 9.84 Å². The van der Waals surface area contributed by atoms with Crippen LogP contribution in [0.5, 0.6) is 0 Å². The molecule has 0 spiro atoms. The van der Waals surface area contributed by atoms with Gasteiger partial charge in [-0.1, -0.05) is 12.1 Å². The van der Waals surface area contributed by atoms with Crippen molar-refractivity contribution in [3.63, 3.8) is 0 Å². The zero-order valence-corrected chi connectivity index (χ0v) is 9.07. The highest BCUT2D eigenvalue weighted by atomic mass is 16.5. The van der Waals surface area contributed by atoms with Crippen molar-refractivity contribution in [3.05, 3.63) is 11.7 Å². The first-order valence-corrected chi connectivity index (χ1v) is 5.86. The summed E-state index contributed by atoms with van der Waals surface area (Å²) in [6.07, 6.45) is 3.69. The average Bonchev–Trinajstić information content (AvgIpc) is 2.74. The largest absolute Gasteiger partial charge is 0.339 e. The average molecular weight is 207 g/mol. The Morgan fingerprint density at radius 3 is 2.93 bits per heavy atom. The Balaban J connectivity index is 1.71. The van der Waals surface area contributed by atoms with Crippen LogP contribution in [0.2, 0.25) is 0 Å². The number of aromatic nitrogens is 2. The molecule has 1 aromatic heterocycles. The molecule has 1 saturated carbocycles. The summed E-state index contributed by atoms with van der Waals surface area (Å²) < 4.78 is 5.35. The lowest BCUT2D eigenvalue weighted by atomic mass is 9.98. The third kappa shape index (κ3) is 1.91. The van der Waals surface area contributed by atoms with E-state index in [2.05, 4.69) is 22.4 Å². The molecule has 0 radical (unpaired) electrons. The maximum absolute atomic E-state index is 5.35. The van der Waals surface area contributed by atoms with Gasteiger partial charge in [0, 0.05) is 13.0 Å². The van der Waals surface area contributed by atoms with Crippen molar-refractivity contribution in [2.45, 2.75) is 32.1 Å². The van der Waals surface area contributed by atoms with Gasteiger partial charge in [0.2, 0.25) is 5.89 Å². The zero-order chi connectivity index (χ0) is 10.3. The van der Waals surface area contributed by atoms with Crippen molar-refractivity contribution in [3.8, 4) is 0 Å². The van der Waals surface area contributed by atoms with Crippen LogP contribution < -0.4 is 5.32 Å². The molecule has 1 aromatic rings. The highest BCUT2D eigenvalue weighted by Gasteiger charge is 2.30.